The first kappa shape index (κ1) is 11.8. The monoisotopic (exact) mass is 245 g/mol. The van der Waals surface area contributed by atoms with Gasteiger partial charge in [0.05, 0.1) is 0 Å². The molecule has 1 saturated carbocycles. The molecule has 18 heavy (non-hydrogen) atoms. The predicted octanol–water partition coefficient (Wildman–Crippen LogP) is 4.28. The van der Waals surface area contributed by atoms with Crippen LogP contribution in [0.3, 0.4) is 0 Å². The van der Waals surface area contributed by atoms with Crippen molar-refractivity contribution < 1.29 is 4.39 Å². The summed E-state index contributed by atoms with van der Waals surface area (Å²) in [5.41, 5.74) is 2.33. The van der Waals surface area contributed by atoms with E-state index >= 15 is 0 Å². The largest absolute Gasteiger partial charge is 0.345 e. The van der Waals surface area contributed by atoms with E-state index < -0.39 is 0 Å². The van der Waals surface area contributed by atoms with Gasteiger partial charge in [-0.15, -0.1) is 0 Å². The second kappa shape index (κ2) is 4.75. The van der Waals surface area contributed by atoms with Crippen molar-refractivity contribution in [3.05, 3.63) is 41.9 Å². The molecule has 2 heteroatoms. The third-order valence-corrected chi connectivity index (χ3v) is 4.30. The van der Waals surface area contributed by atoms with Crippen LogP contribution < -0.4 is 4.90 Å². The van der Waals surface area contributed by atoms with Gasteiger partial charge in [-0.25, -0.2) is 4.39 Å². The molecule has 0 atom stereocenters. The molecule has 1 aliphatic carbocycles. The lowest BCUT2D eigenvalue weighted by Crippen LogP contribution is -2.35. The average Bonchev–Trinajstić information content (AvgIpc) is 2.38. The normalized spacial score (nSPS) is 27.1. The molecule has 0 N–H and O–H groups in total. The molecule has 0 unspecified atom stereocenters. The Bertz CT molecular complexity index is 458. The SMILES string of the molecule is CC1CCC(N2C=CCc3cc(F)ccc32)CC1. The van der Waals surface area contributed by atoms with Crippen LogP contribution in [-0.2, 0) is 6.42 Å². The highest BCUT2D eigenvalue weighted by molar-refractivity contribution is 5.59. The number of rotatable bonds is 1. The van der Waals surface area contributed by atoms with Gasteiger partial charge in [0.1, 0.15) is 5.82 Å². The number of halogens is 1. The van der Waals surface area contributed by atoms with E-state index in [9.17, 15) is 4.39 Å². The summed E-state index contributed by atoms with van der Waals surface area (Å²) in [4.78, 5) is 2.37. The topological polar surface area (TPSA) is 3.24 Å². The summed E-state index contributed by atoms with van der Waals surface area (Å²) in [5.74, 6) is 0.740. The minimum Gasteiger partial charge on any atom is -0.345 e. The van der Waals surface area contributed by atoms with Crippen LogP contribution in [0.15, 0.2) is 30.5 Å². The molecule has 0 bridgehead atoms. The van der Waals surface area contributed by atoms with E-state index in [2.05, 4.69) is 24.1 Å². The Morgan fingerprint density at radius 2 is 1.94 bits per heavy atom. The van der Waals surface area contributed by atoms with Crippen LogP contribution in [0.4, 0.5) is 10.1 Å². The second-order valence-corrected chi connectivity index (χ2v) is 5.68. The Morgan fingerprint density at radius 1 is 1.17 bits per heavy atom. The molecule has 3 rings (SSSR count). The fourth-order valence-corrected chi connectivity index (χ4v) is 3.18. The van der Waals surface area contributed by atoms with E-state index in [0.717, 1.165) is 17.9 Å². The van der Waals surface area contributed by atoms with Gasteiger partial charge in [0, 0.05) is 17.9 Å². The molecule has 0 radical (unpaired) electrons. The zero-order valence-electron chi connectivity index (χ0n) is 10.9. The Balaban J connectivity index is 1.85. The lowest BCUT2D eigenvalue weighted by Gasteiger charge is -2.38. The van der Waals surface area contributed by atoms with Crippen LogP contribution in [-0.4, -0.2) is 6.04 Å². The molecule has 0 spiro atoms. The number of fused-ring (bicyclic) bond motifs is 1. The van der Waals surface area contributed by atoms with E-state index in [1.54, 1.807) is 12.1 Å². The molecule has 1 fully saturated rings. The van der Waals surface area contributed by atoms with Gasteiger partial charge in [0.25, 0.3) is 0 Å². The fourth-order valence-electron chi connectivity index (χ4n) is 3.18. The third kappa shape index (κ3) is 2.16. The van der Waals surface area contributed by atoms with Crippen molar-refractivity contribution in [2.75, 3.05) is 4.90 Å². The zero-order valence-corrected chi connectivity index (χ0v) is 10.9. The maximum Gasteiger partial charge on any atom is 0.123 e. The van der Waals surface area contributed by atoms with Gasteiger partial charge in [-0.05, 0) is 61.8 Å². The Hall–Kier alpha value is -1.31. The first-order valence-electron chi connectivity index (χ1n) is 6.97. The highest BCUT2D eigenvalue weighted by atomic mass is 19.1. The zero-order chi connectivity index (χ0) is 12.5. The number of hydrogen-bond acceptors (Lipinski definition) is 1. The first-order valence-corrected chi connectivity index (χ1v) is 6.97. The molecule has 1 aliphatic heterocycles. The first-order chi connectivity index (χ1) is 8.74. The number of allylic oxidation sites excluding steroid dienone is 1. The predicted molar refractivity (Wildman–Crippen MR) is 73.1 cm³/mol. The van der Waals surface area contributed by atoms with Crippen LogP contribution in [0, 0.1) is 11.7 Å². The summed E-state index contributed by atoms with van der Waals surface area (Å²) in [5, 5.41) is 0. The molecule has 1 nitrogen and oxygen atoms in total. The van der Waals surface area contributed by atoms with Crippen molar-refractivity contribution in [3.8, 4) is 0 Å². The minimum absolute atomic E-state index is 0.124. The van der Waals surface area contributed by atoms with Crippen molar-refractivity contribution >= 4 is 5.69 Å². The summed E-state index contributed by atoms with van der Waals surface area (Å²) in [7, 11) is 0. The quantitative estimate of drug-likeness (QED) is 0.713. The standard InChI is InChI=1S/C16H20FN/c1-12-4-7-15(8-5-12)18-10-2-3-13-11-14(17)6-9-16(13)18/h2,6,9-12,15H,3-5,7-8H2,1H3. The number of anilines is 1. The average molecular weight is 245 g/mol. The van der Waals surface area contributed by atoms with E-state index in [4.69, 9.17) is 0 Å². The highest BCUT2D eigenvalue weighted by Crippen LogP contribution is 2.34. The molecule has 1 aromatic carbocycles. The second-order valence-electron chi connectivity index (χ2n) is 5.68. The highest BCUT2D eigenvalue weighted by Gasteiger charge is 2.25. The molecule has 1 heterocycles. The van der Waals surface area contributed by atoms with Crippen LogP contribution in [0.25, 0.3) is 0 Å². The Kier molecular flexibility index (Phi) is 3.11. The lowest BCUT2D eigenvalue weighted by molar-refractivity contribution is 0.344. The summed E-state index contributed by atoms with van der Waals surface area (Å²) < 4.78 is 13.3. The minimum atomic E-state index is -0.124. The van der Waals surface area contributed by atoms with Gasteiger partial charge in [-0.2, -0.15) is 0 Å². The van der Waals surface area contributed by atoms with Crippen molar-refractivity contribution in [2.24, 2.45) is 5.92 Å². The molecule has 96 valence electrons. The molecular weight excluding hydrogens is 225 g/mol. The fraction of sp³-hybridized carbons (Fsp3) is 0.500. The maximum absolute atomic E-state index is 13.3. The van der Waals surface area contributed by atoms with Crippen molar-refractivity contribution in [3.63, 3.8) is 0 Å². The molecule has 0 saturated heterocycles. The van der Waals surface area contributed by atoms with Gasteiger partial charge in [-0.3, -0.25) is 0 Å². The Labute approximate surface area is 108 Å². The van der Waals surface area contributed by atoms with Crippen LogP contribution >= 0.6 is 0 Å². The molecule has 2 aliphatic rings. The summed E-state index contributed by atoms with van der Waals surface area (Å²) in [6.07, 6.45) is 10.3. The van der Waals surface area contributed by atoms with Crippen molar-refractivity contribution in [1.29, 1.82) is 0 Å². The lowest BCUT2D eigenvalue weighted by atomic mass is 9.86. The third-order valence-electron chi connectivity index (χ3n) is 4.30. The van der Waals surface area contributed by atoms with Crippen molar-refractivity contribution in [1.82, 2.24) is 0 Å². The van der Waals surface area contributed by atoms with Gasteiger partial charge < -0.3 is 4.90 Å². The van der Waals surface area contributed by atoms with E-state index in [1.165, 1.54) is 31.4 Å². The van der Waals surface area contributed by atoms with E-state index in [0.29, 0.717) is 6.04 Å². The van der Waals surface area contributed by atoms with Crippen LogP contribution in [0.2, 0.25) is 0 Å². The smallest absolute Gasteiger partial charge is 0.123 e. The summed E-state index contributed by atoms with van der Waals surface area (Å²) in [6.45, 7) is 2.34. The van der Waals surface area contributed by atoms with Gasteiger partial charge in [-0.1, -0.05) is 13.0 Å². The summed E-state index contributed by atoms with van der Waals surface area (Å²) >= 11 is 0. The van der Waals surface area contributed by atoms with Gasteiger partial charge >= 0.3 is 0 Å². The molecule has 0 aromatic heterocycles. The molecule has 1 aromatic rings. The van der Waals surface area contributed by atoms with Crippen molar-refractivity contribution in [2.45, 2.75) is 45.1 Å². The van der Waals surface area contributed by atoms with E-state index in [1.807, 2.05) is 6.07 Å². The van der Waals surface area contributed by atoms with Gasteiger partial charge in [0.2, 0.25) is 0 Å². The number of hydrogen-bond donors (Lipinski definition) is 0. The number of nitrogens with zero attached hydrogens (tertiary/aromatic N) is 1. The maximum atomic E-state index is 13.3. The van der Waals surface area contributed by atoms with Crippen LogP contribution in [0.1, 0.15) is 38.2 Å². The number of benzene rings is 1. The van der Waals surface area contributed by atoms with Gasteiger partial charge in [0.15, 0.2) is 0 Å². The summed E-state index contributed by atoms with van der Waals surface area (Å²) in [6, 6.07) is 5.79. The van der Waals surface area contributed by atoms with Crippen LogP contribution in [0.5, 0.6) is 0 Å². The molecule has 0 amide bonds. The Morgan fingerprint density at radius 3 is 2.72 bits per heavy atom. The molecular formula is C16H20FN. The van der Waals surface area contributed by atoms with E-state index in [-0.39, 0.29) is 5.82 Å².